The van der Waals surface area contributed by atoms with E-state index in [0.717, 1.165) is 30.0 Å². The number of nitrogens with one attached hydrogen (secondary N) is 2. The number of carbonyl (C=O) groups excluding carboxylic acids is 1. The number of H-pyrrole nitrogens is 1. The number of methoxy groups -OCH3 is 1. The lowest BCUT2D eigenvalue weighted by Crippen LogP contribution is -2.42. The number of aryl methyl sites for hydroxylation is 1. The fourth-order valence-corrected chi connectivity index (χ4v) is 3.93. The number of rotatable bonds is 6. The number of fused-ring (bicyclic) bond motifs is 2. The Morgan fingerprint density at radius 3 is 3.15 bits per heavy atom. The molecule has 0 aliphatic carbocycles. The summed E-state index contributed by atoms with van der Waals surface area (Å²) < 4.78 is 7.02. The molecule has 3 heterocycles. The van der Waals surface area contributed by atoms with Crippen LogP contribution in [0, 0.1) is 0 Å². The Morgan fingerprint density at radius 1 is 1.41 bits per heavy atom. The van der Waals surface area contributed by atoms with Gasteiger partial charge in [-0.1, -0.05) is 12.1 Å². The van der Waals surface area contributed by atoms with Crippen molar-refractivity contribution in [3.8, 4) is 0 Å². The van der Waals surface area contributed by atoms with Gasteiger partial charge in [0, 0.05) is 57.4 Å². The molecule has 3 aromatic rings. The Kier molecular flexibility index (Phi) is 4.96. The zero-order valence-corrected chi connectivity index (χ0v) is 15.7. The highest BCUT2D eigenvalue weighted by molar-refractivity contribution is 5.84. The maximum atomic E-state index is 12.8. The van der Waals surface area contributed by atoms with E-state index in [1.54, 1.807) is 13.4 Å². The minimum atomic E-state index is -0.233. The molecule has 0 bridgehead atoms. The van der Waals surface area contributed by atoms with Crippen molar-refractivity contribution in [3.05, 3.63) is 53.7 Å². The van der Waals surface area contributed by atoms with Crippen molar-refractivity contribution in [1.29, 1.82) is 0 Å². The molecule has 1 aliphatic heterocycles. The van der Waals surface area contributed by atoms with E-state index in [-0.39, 0.29) is 11.8 Å². The smallest absolute Gasteiger partial charge is 0.230 e. The maximum Gasteiger partial charge on any atom is 0.230 e. The van der Waals surface area contributed by atoms with Crippen LogP contribution < -0.4 is 5.32 Å². The topological polar surface area (TPSA) is 75.2 Å². The first-order chi connectivity index (χ1) is 13.2. The molecule has 0 radical (unpaired) electrons. The molecule has 1 aromatic carbocycles. The molecule has 0 spiro atoms. The van der Waals surface area contributed by atoms with Crippen LogP contribution in [0.25, 0.3) is 10.9 Å². The SMILES string of the molecule is COCCNC(=O)[C@H]1CN(Cc2cccc3[nH]ccc23)Cc2ncn(C)c21. The van der Waals surface area contributed by atoms with Crippen LogP contribution in [0.3, 0.4) is 0 Å². The second-order valence-electron chi connectivity index (χ2n) is 7.05. The summed E-state index contributed by atoms with van der Waals surface area (Å²) in [4.78, 5) is 22.9. The molecular formula is C20H25N5O2. The molecule has 1 amide bonds. The standard InChI is InChI=1S/C20H25N5O2/c1-24-13-23-18-12-25(10-14-4-3-5-17-15(14)6-7-21-17)11-16(19(18)24)20(26)22-8-9-27-2/h3-7,13,16,21H,8-12H2,1-2H3,(H,22,26)/t16-/m0/s1. The normalized spacial score (nSPS) is 17.2. The van der Waals surface area contributed by atoms with Gasteiger partial charge in [0.2, 0.25) is 5.91 Å². The molecule has 142 valence electrons. The number of hydrogen-bond acceptors (Lipinski definition) is 4. The highest BCUT2D eigenvalue weighted by Gasteiger charge is 2.33. The Balaban J connectivity index is 1.57. The Labute approximate surface area is 158 Å². The number of nitrogens with zero attached hydrogens (tertiary/aromatic N) is 3. The van der Waals surface area contributed by atoms with Crippen LogP contribution in [0.15, 0.2) is 36.8 Å². The monoisotopic (exact) mass is 367 g/mol. The van der Waals surface area contributed by atoms with Crippen molar-refractivity contribution < 1.29 is 9.53 Å². The van der Waals surface area contributed by atoms with Gasteiger partial charge in [-0.05, 0) is 17.7 Å². The fourth-order valence-electron chi connectivity index (χ4n) is 3.93. The zero-order chi connectivity index (χ0) is 18.8. The van der Waals surface area contributed by atoms with Crippen molar-refractivity contribution in [1.82, 2.24) is 24.8 Å². The Morgan fingerprint density at radius 2 is 2.30 bits per heavy atom. The van der Waals surface area contributed by atoms with E-state index in [2.05, 4.69) is 44.5 Å². The summed E-state index contributed by atoms with van der Waals surface area (Å²) in [5.74, 6) is -0.204. The van der Waals surface area contributed by atoms with Crippen molar-refractivity contribution in [2.75, 3.05) is 26.8 Å². The van der Waals surface area contributed by atoms with Gasteiger partial charge in [0.1, 0.15) is 0 Å². The number of imidazole rings is 1. The van der Waals surface area contributed by atoms with E-state index in [1.807, 2.05) is 17.8 Å². The average Bonchev–Trinajstić information content (AvgIpc) is 3.29. The molecule has 0 saturated carbocycles. The van der Waals surface area contributed by atoms with Crippen LogP contribution in [-0.2, 0) is 29.7 Å². The third-order valence-corrected chi connectivity index (χ3v) is 5.21. The molecule has 0 unspecified atom stereocenters. The van der Waals surface area contributed by atoms with Gasteiger partial charge in [-0.15, -0.1) is 0 Å². The van der Waals surface area contributed by atoms with Gasteiger partial charge < -0.3 is 19.6 Å². The maximum absolute atomic E-state index is 12.8. The first-order valence-electron chi connectivity index (χ1n) is 9.21. The summed E-state index contributed by atoms with van der Waals surface area (Å²) in [7, 11) is 3.59. The first kappa shape index (κ1) is 17.8. The largest absolute Gasteiger partial charge is 0.383 e. The molecule has 1 aliphatic rings. The van der Waals surface area contributed by atoms with Crippen LogP contribution in [0.2, 0.25) is 0 Å². The van der Waals surface area contributed by atoms with Crippen LogP contribution in [0.5, 0.6) is 0 Å². The van der Waals surface area contributed by atoms with Crippen molar-refractivity contribution in [3.63, 3.8) is 0 Å². The average molecular weight is 367 g/mol. The van der Waals surface area contributed by atoms with Gasteiger partial charge >= 0.3 is 0 Å². The van der Waals surface area contributed by atoms with E-state index in [4.69, 9.17) is 4.74 Å². The molecular weight excluding hydrogens is 342 g/mol. The summed E-state index contributed by atoms with van der Waals surface area (Å²) in [6.45, 7) is 3.23. The Bertz CT molecular complexity index is 945. The minimum absolute atomic E-state index is 0.0291. The lowest BCUT2D eigenvalue weighted by atomic mass is 9.96. The first-order valence-corrected chi connectivity index (χ1v) is 9.21. The third kappa shape index (κ3) is 3.48. The van der Waals surface area contributed by atoms with E-state index < -0.39 is 0 Å². The van der Waals surface area contributed by atoms with E-state index in [9.17, 15) is 4.79 Å². The predicted octanol–water partition coefficient (Wildman–Crippen LogP) is 1.76. The van der Waals surface area contributed by atoms with Crippen molar-refractivity contribution in [2.24, 2.45) is 7.05 Å². The van der Waals surface area contributed by atoms with Crippen molar-refractivity contribution in [2.45, 2.75) is 19.0 Å². The third-order valence-electron chi connectivity index (χ3n) is 5.21. The lowest BCUT2D eigenvalue weighted by molar-refractivity contribution is -0.123. The number of aromatic nitrogens is 3. The molecule has 7 heteroatoms. The van der Waals surface area contributed by atoms with Crippen LogP contribution >= 0.6 is 0 Å². The van der Waals surface area contributed by atoms with Crippen LogP contribution in [0.1, 0.15) is 22.9 Å². The molecule has 1 atom stereocenters. The van der Waals surface area contributed by atoms with Gasteiger partial charge in [-0.2, -0.15) is 0 Å². The summed E-state index contributed by atoms with van der Waals surface area (Å²) in [6.07, 6.45) is 3.77. The number of hydrogen-bond donors (Lipinski definition) is 2. The summed E-state index contributed by atoms with van der Waals surface area (Å²) >= 11 is 0. The molecule has 2 N–H and O–H groups in total. The molecule has 0 fully saturated rings. The minimum Gasteiger partial charge on any atom is -0.383 e. The molecule has 0 saturated heterocycles. The number of aromatic amines is 1. The molecule has 4 rings (SSSR count). The second-order valence-corrected chi connectivity index (χ2v) is 7.05. The number of amides is 1. The highest BCUT2D eigenvalue weighted by Crippen LogP contribution is 2.29. The van der Waals surface area contributed by atoms with Gasteiger partial charge in [0.25, 0.3) is 0 Å². The van der Waals surface area contributed by atoms with E-state index >= 15 is 0 Å². The quantitative estimate of drug-likeness (QED) is 0.651. The van der Waals surface area contributed by atoms with Gasteiger partial charge in [-0.25, -0.2) is 4.98 Å². The van der Waals surface area contributed by atoms with Gasteiger partial charge in [0.05, 0.1) is 30.2 Å². The van der Waals surface area contributed by atoms with E-state index in [0.29, 0.717) is 19.7 Å². The lowest BCUT2D eigenvalue weighted by Gasteiger charge is -2.32. The van der Waals surface area contributed by atoms with Crippen LogP contribution in [0.4, 0.5) is 0 Å². The predicted molar refractivity (Wildman–Crippen MR) is 103 cm³/mol. The Hall–Kier alpha value is -2.64. The summed E-state index contributed by atoms with van der Waals surface area (Å²) in [5.41, 5.74) is 4.39. The van der Waals surface area contributed by atoms with Gasteiger partial charge in [0.15, 0.2) is 0 Å². The van der Waals surface area contributed by atoms with Gasteiger partial charge in [-0.3, -0.25) is 9.69 Å². The number of benzene rings is 1. The zero-order valence-electron chi connectivity index (χ0n) is 15.7. The molecule has 27 heavy (non-hydrogen) atoms. The van der Waals surface area contributed by atoms with Crippen molar-refractivity contribution >= 4 is 16.8 Å². The summed E-state index contributed by atoms with van der Waals surface area (Å²) in [5, 5.41) is 4.21. The van der Waals surface area contributed by atoms with E-state index in [1.165, 1.54) is 10.9 Å². The van der Waals surface area contributed by atoms with Crippen LogP contribution in [-0.4, -0.2) is 52.1 Å². The molecule has 7 nitrogen and oxygen atoms in total. The number of carbonyl (C=O) groups is 1. The fraction of sp³-hybridized carbons (Fsp3) is 0.400. The highest BCUT2D eigenvalue weighted by atomic mass is 16.5. The number of ether oxygens (including phenoxy) is 1. The molecule has 2 aromatic heterocycles. The second kappa shape index (κ2) is 7.54. The summed E-state index contributed by atoms with van der Waals surface area (Å²) in [6, 6.07) is 8.41.